The fraction of sp³-hybridized carbons (Fsp3) is 0.278. The van der Waals surface area contributed by atoms with Crippen molar-refractivity contribution in [3.05, 3.63) is 58.9 Å². The fourth-order valence-electron chi connectivity index (χ4n) is 3.28. The SMILES string of the molecule is O=S(=O)(c1cccc(Br)c1)N1CCC(c2cc(-c3ccco3)n[nH]2)CC1. The molecule has 1 aromatic carbocycles. The van der Waals surface area contributed by atoms with Gasteiger partial charge in [-0.2, -0.15) is 9.40 Å². The fourth-order valence-corrected chi connectivity index (χ4v) is 5.35. The Bertz CT molecular complexity index is 990. The lowest BCUT2D eigenvalue weighted by Gasteiger charge is -2.30. The number of aromatic amines is 1. The van der Waals surface area contributed by atoms with E-state index in [2.05, 4.69) is 26.1 Å². The summed E-state index contributed by atoms with van der Waals surface area (Å²) in [5, 5.41) is 7.38. The number of piperidine rings is 1. The molecule has 1 aliphatic rings. The Kier molecular flexibility index (Phi) is 4.73. The summed E-state index contributed by atoms with van der Waals surface area (Å²) in [5.41, 5.74) is 1.80. The summed E-state index contributed by atoms with van der Waals surface area (Å²) in [5.74, 6) is 0.988. The number of hydrogen-bond acceptors (Lipinski definition) is 4. The van der Waals surface area contributed by atoms with E-state index < -0.39 is 10.0 Å². The van der Waals surface area contributed by atoms with Gasteiger partial charge in [0.2, 0.25) is 10.0 Å². The van der Waals surface area contributed by atoms with Crippen LogP contribution < -0.4 is 0 Å². The first-order valence-corrected chi connectivity index (χ1v) is 10.6. The van der Waals surface area contributed by atoms with Crippen LogP contribution in [-0.2, 0) is 10.0 Å². The molecular formula is C18H18BrN3O3S. The average molecular weight is 436 g/mol. The molecule has 0 amide bonds. The van der Waals surface area contributed by atoms with E-state index in [0.717, 1.165) is 34.5 Å². The standard InChI is InChI=1S/C18H18BrN3O3S/c19-14-3-1-4-15(11-14)26(23,24)22-8-6-13(7-9-22)16-12-17(21-20-16)18-5-2-10-25-18/h1-5,10-13H,6-9H2,(H,20,21). The van der Waals surface area contributed by atoms with Crippen molar-refractivity contribution in [3.8, 4) is 11.5 Å². The molecule has 26 heavy (non-hydrogen) atoms. The Labute approximate surface area is 160 Å². The minimum Gasteiger partial charge on any atom is -0.463 e. The quantitative estimate of drug-likeness (QED) is 0.671. The maximum Gasteiger partial charge on any atom is 0.243 e. The second kappa shape index (κ2) is 7.02. The van der Waals surface area contributed by atoms with Crippen molar-refractivity contribution in [2.45, 2.75) is 23.7 Å². The van der Waals surface area contributed by atoms with Crippen molar-refractivity contribution < 1.29 is 12.8 Å². The number of sulfonamides is 1. The third-order valence-electron chi connectivity index (χ3n) is 4.70. The monoisotopic (exact) mass is 435 g/mol. The van der Waals surface area contributed by atoms with Crippen LogP contribution in [0.25, 0.3) is 11.5 Å². The van der Waals surface area contributed by atoms with Gasteiger partial charge in [-0.1, -0.05) is 22.0 Å². The van der Waals surface area contributed by atoms with Gasteiger partial charge in [-0.15, -0.1) is 0 Å². The Hall–Kier alpha value is -1.90. The van der Waals surface area contributed by atoms with Crippen LogP contribution in [0.2, 0.25) is 0 Å². The van der Waals surface area contributed by atoms with Crippen molar-refractivity contribution in [2.75, 3.05) is 13.1 Å². The van der Waals surface area contributed by atoms with Gasteiger partial charge in [0.1, 0.15) is 5.69 Å². The second-order valence-electron chi connectivity index (χ2n) is 6.32. The molecular weight excluding hydrogens is 418 g/mol. The van der Waals surface area contributed by atoms with E-state index in [1.54, 1.807) is 28.8 Å². The number of rotatable bonds is 4. The lowest BCUT2D eigenvalue weighted by atomic mass is 9.94. The van der Waals surface area contributed by atoms with Crippen molar-refractivity contribution in [2.24, 2.45) is 0 Å². The summed E-state index contributed by atoms with van der Waals surface area (Å²) in [4.78, 5) is 0.326. The summed E-state index contributed by atoms with van der Waals surface area (Å²) in [6.07, 6.45) is 3.13. The first kappa shape index (κ1) is 17.5. The first-order valence-electron chi connectivity index (χ1n) is 8.39. The van der Waals surface area contributed by atoms with Crippen LogP contribution in [0.4, 0.5) is 0 Å². The second-order valence-corrected chi connectivity index (χ2v) is 9.18. The predicted octanol–water partition coefficient (Wildman–Crippen LogP) is 4.00. The number of benzene rings is 1. The molecule has 0 aliphatic carbocycles. The zero-order valence-corrected chi connectivity index (χ0v) is 16.3. The number of H-pyrrole nitrogens is 1. The molecule has 6 nitrogen and oxygen atoms in total. The summed E-state index contributed by atoms with van der Waals surface area (Å²) in [7, 11) is -3.46. The highest BCUT2D eigenvalue weighted by molar-refractivity contribution is 9.10. The van der Waals surface area contributed by atoms with E-state index in [1.165, 1.54) is 0 Å². The lowest BCUT2D eigenvalue weighted by Crippen LogP contribution is -2.37. The Balaban J connectivity index is 1.46. The largest absolute Gasteiger partial charge is 0.463 e. The van der Waals surface area contributed by atoms with E-state index in [-0.39, 0.29) is 5.92 Å². The van der Waals surface area contributed by atoms with E-state index >= 15 is 0 Å². The Morgan fingerprint density at radius 3 is 2.65 bits per heavy atom. The summed E-state index contributed by atoms with van der Waals surface area (Å²) in [6.45, 7) is 0.989. The zero-order valence-electron chi connectivity index (χ0n) is 13.9. The van der Waals surface area contributed by atoms with Gasteiger partial charge in [0.05, 0.1) is 11.2 Å². The van der Waals surface area contributed by atoms with Gasteiger partial charge in [-0.05, 0) is 49.2 Å². The maximum atomic E-state index is 12.8. The smallest absolute Gasteiger partial charge is 0.243 e. The highest BCUT2D eigenvalue weighted by Crippen LogP contribution is 2.32. The van der Waals surface area contributed by atoms with Gasteiger partial charge in [0, 0.05) is 29.2 Å². The molecule has 3 aromatic rings. The van der Waals surface area contributed by atoms with Crippen LogP contribution in [-0.4, -0.2) is 36.0 Å². The van der Waals surface area contributed by atoms with E-state index in [1.807, 2.05) is 24.3 Å². The number of furan rings is 1. The van der Waals surface area contributed by atoms with Gasteiger partial charge in [-0.25, -0.2) is 8.42 Å². The molecule has 0 saturated carbocycles. The summed E-state index contributed by atoms with van der Waals surface area (Å²) in [6, 6.07) is 12.5. The van der Waals surface area contributed by atoms with Crippen molar-refractivity contribution >= 4 is 26.0 Å². The van der Waals surface area contributed by atoms with Crippen LogP contribution in [0.15, 0.2) is 62.5 Å². The molecule has 136 valence electrons. The molecule has 1 saturated heterocycles. The third kappa shape index (κ3) is 3.36. The normalized spacial score (nSPS) is 16.8. The predicted molar refractivity (Wildman–Crippen MR) is 101 cm³/mol. The molecule has 0 spiro atoms. The molecule has 2 aromatic heterocycles. The van der Waals surface area contributed by atoms with Crippen LogP contribution >= 0.6 is 15.9 Å². The van der Waals surface area contributed by atoms with Gasteiger partial charge in [-0.3, -0.25) is 5.10 Å². The highest BCUT2D eigenvalue weighted by Gasteiger charge is 2.30. The maximum absolute atomic E-state index is 12.8. The summed E-state index contributed by atoms with van der Waals surface area (Å²) < 4.78 is 33.3. The molecule has 0 radical (unpaired) electrons. The molecule has 4 rings (SSSR count). The molecule has 1 aliphatic heterocycles. The minimum atomic E-state index is -3.46. The topological polar surface area (TPSA) is 79.2 Å². The van der Waals surface area contributed by atoms with Gasteiger partial charge in [0.25, 0.3) is 0 Å². The first-order chi connectivity index (χ1) is 12.5. The van der Waals surface area contributed by atoms with Gasteiger partial charge in [0.15, 0.2) is 5.76 Å². The molecule has 0 unspecified atom stereocenters. The molecule has 1 fully saturated rings. The molecule has 1 N–H and O–H groups in total. The van der Waals surface area contributed by atoms with Crippen LogP contribution in [0.3, 0.4) is 0 Å². The van der Waals surface area contributed by atoms with E-state index in [4.69, 9.17) is 4.42 Å². The van der Waals surface area contributed by atoms with Crippen molar-refractivity contribution in [1.82, 2.24) is 14.5 Å². The third-order valence-corrected chi connectivity index (χ3v) is 7.09. The molecule has 0 atom stereocenters. The summed E-state index contributed by atoms with van der Waals surface area (Å²) >= 11 is 3.34. The van der Waals surface area contributed by atoms with E-state index in [9.17, 15) is 8.42 Å². The number of aromatic nitrogens is 2. The zero-order chi connectivity index (χ0) is 18.1. The van der Waals surface area contributed by atoms with Gasteiger partial charge >= 0.3 is 0 Å². The molecule has 3 heterocycles. The van der Waals surface area contributed by atoms with Crippen molar-refractivity contribution in [3.63, 3.8) is 0 Å². The lowest BCUT2D eigenvalue weighted by molar-refractivity contribution is 0.316. The van der Waals surface area contributed by atoms with Crippen LogP contribution in [0.5, 0.6) is 0 Å². The van der Waals surface area contributed by atoms with Crippen molar-refractivity contribution in [1.29, 1.82) is 0 Å². The number of nitrogens with one attached hydrogen (secondary N) is 1. The number of halogens is 1. The highest BCUT2D eigenvalue weighted by atomic mass is 79.9. The Morgan fingerprint density at radius 2 is 1.96 bits per heavy atom. The number of nitrogens with zero attached hydrogens (tertiary/aromatic N) is 2. The number of hydrogen-bond donors (Lipinski definition) is 1. The molecule has 0 bridgehead atoms. The van der Waals surface area contributed by atoms with E-state index in [0.29, 0.717) is 18.0 Å². The molecule has 8 heteroatoms. The van der Waals surface area contributed by atoms with Crippen LogP contribution in [0.1, 0.15) is 24.5 Å². The minimum absolute atomic E-state index is 0.264. The van der Waals surface area contributed by atoms with Gasteiger partial charge < -0.3 is 4.42 Å². The average Bonchev–Trinajstić information content (AvgIpc) is 3.33. The Morgan fingerprint density at radius 1 is 1.15 bits per heavy atom. The van der Waals surface area contributed by atoms with Crippen LogP contribution in [0, 0.1) is 0 Å².